The third-order valence-electron chi connectivity index (χ3n) is 7.32. The summed E-state index contributed by atoms with van der Waals surface area (Å²) in [5, 5.41) is 12.9. The molecular formula is C34H33N3O5. The van der Waals surface area contributed by atoms with Gasteiger partial charge in [0.1, 0.15) is 17.4 Å². The Labute approximate surface area is 245 Å². The van der Waals surface area contributed by atoms with Crippen LogP contribution in [-0.4, -0.2) is 24.9 Å². The number of hydrogen-bond acceptors (Lipinski definition) is 7. The first kappa shape index (κ1) is 28.5. The van der Waals surface area contributed by atoms with Crippen LogP contribution < -0.4 is 20.5 Å². The number of Topliss-reactive ketones (excluding diaryl/α,β-unsaturated/α-hetero) is 1. The van der Waals surface area contributed by atoms with Crippen molar-refractivity contribution in [2.24, 2.45) is 11.1 Å². The maximum atomic E-state index is 13.3. The van der Waals surface area contributed by atoms with E-state index in [4.69, 9.17) is 19.9 Å². The monoisotopic (exact) mass is 563 g/mol. The summed E-state index contributed by atoms with van der Waals surface area (Å²) in [4.78, 5) is 26.2. The van der Waals surface area contributed by atoms with Gasteiger partial charge in [-0.2, -0.15) is 5.26 Å². The van der Waals surface area contributed by atoms with E-state index in [0.29, 0.717) is 53.5 Å². The molecule has 0 aromatic heterocycles. The van der Waals surface area contributed by atoms with Gasteiger partial charge in [0.25, 0.3) is 5.91 Å². The lowest BCUT2D eigenvalue weighted by atomic mass is 9.70. The number of allylic oxidation sites excluding steroid dienone is 3. The zero-order chi connectivity index (χ0) is 29.9. The average molecular weight is 564 g/mol. The van der Waals surface area contributed by atoms with Gasteiger partial charge in [0, 0.05) is 29.7 Å². The Balaban J connectivity index is 1.39. The van der Waals surface area contributed by atoms with Crippen LogP contribution in [0.5, 0.6) is 11.5 Å². The molecule has 0 unspecified atom stereocenters. The Morgan fingerprint density at radius 3 is 2.52 bits per heavy atom. The Kier molecular flexibility index (Phi) is 8.03. The van der Waals surface area contributed by atoms with E-state index in [1.165, 1.54) is 0 Å². The quantitative estimate of drug-likeness (QED) is 0.333. The predicted molar refractivity (Wildman–Crippen MR) is 159 cm³/mol. The van der Waals surface area contributed by atoms with Crippen LogP contribution >= 0.6 is 0 Å². The number of nitrogens with zero attached hydrogens (tertiary/aromatic N) is 1. The zero-order valence-electron chi connectivity index (χ0n) is 23.9. The van der Waals surface area contributed by atoms with Crippen LogP contribution in [0.1, 0.15) is 45.1 Å². The summed E-state index contributed by atoms with van der Waals surface area (Å²) in [6.07, 6.45) is 0.873. The molecule has 1 heterocycles. The van der Waals surface area contributed by atoms with Crippen molar-refractivity contribution in [1.82, 2.24) is 0 Å². The lowest BCUT2D eigenvalue weighted by Crippen LogP contribution is -2.33. The molecule has 1 atom stereocenters. The number of benzene rings is 3. The van der Waals surface area contributed by atoms with Gasteiger partial charge in [0.2, 0.25) is 5.88 Å². The Morgan fingerprint density at radius 1 is 1.05 bits per heavy atom. The normalized spacial score (nSPS) is 17.6. The number of para-hydroxylation sites is 1. The van der Waals surface area contributed by atoms with Gasteiger partial charge >= 0.3 is 0 Å². The molecule has 5 rings (SSSR count). The molecule has 0 bridgehead atoms. The summed E-state index contributed by atoms with van der Waals surface area (Å²) < 4.78 is 17.6. The lowest BCUT2D eigenvalue weighted by Gasteiger charge is -2.37. The van der Waals surface area contributed by atoms with Crippen molar-refractivity contribution in [3.05, 3.63) is 101 Å². The molecule has 0 saturated heterocycles. The summed E-state index contributed by atoms with van der Waals surface area (Å²) >= 11 is 0. The Hall–Kier alpha value is -5.03. The highest BCUT2D eigenvalue weighted by Crippen LogP contribution is 2.48. The SMILES string of the molecule is CCOc1cc([C@H]2C(C#N)=C(N)OC3=C2C(=O)CC(C)(C)C3)ccc1OCC(=O)Nc1ccccc1-c1ccccc1. The van der Waals surface area contributed by atoms with Gasteiger partial charge in [-0.05, 0) is 41.7 Å². The topological polar surface area (TPSA) is 124 Å². The second-order valence-corrected chi connectivity index (χ2v) is 11.1. The Morgan fingerprint density at radius 2 is 1.79 bits per heavy atom. The number of amides is 1. The Bertz CT molecular complexity index is 1630. The van der Waals surface area contributed by atoms with Crippen LogP contribution in [0.3, 0.4) is 0 Å². The lowest BCUT2D eigenvalue weighted by molar-refractivity contribution is -0.119. The van der Waals surface area contributed by atoms with Gasteiger partial charge in [-0.1, -0.05) is 68.4 Å². The number of carbonyl (C=O) groups is 2. The molecular weight excluding hydrogens is 530 g/mol. The number of ether oxygens (including phenoxy) is 3. The summed E-state index contributed by atoms with van der Waals surface area (Å²) in [5.41, 5.74) is 9.73. The van der Waals surface area contributed by atoms with Gasteiger partial charge in [-0.3, -0.25) is 9.59 Å². The number of nitrogens with one attached hydrogen (secondary N) is 1. The summed E-state index contributed by atoms with van der Waals surface area (Å²) in [7, 11) is 0. The fraction of sp³-hybridized carbons (Fsp3) is 0.265. The zero-order valence-corrected chi connectivity index (χ0v) is 23.9. The van der Waals surface area contributed by atoms with Crippen molar-refractivity contribution in [1.29, 1.82) is 5.26 Å². The average Bonchev–Trinajstić information content (AvgIpc) is 2.96. The molecule has 0 spiro atoms. The minimum atomic E-state index is -0.687. The van der Waals surface area contributed by atoms with Crippen LogP contribution in [0.15, 0.2) is 95.6 Å². The summed E-state index contributed by atoms with van der Waals surface area (Å²) in [5.74, 6) is 0.161. The third kappa shape index (κ3) is 5.86. The number of hydrogen-bond donors (Lipinski definition) is 2. The maximum Gasteiger partial charge on any atom is 0.262 e. The van der Waals surface area contributed by atoms with Crippen LogP contribution in [0.4, 0.5) is 5.69 Å². The van der Waals surface area contributed by atoms with E-state index in [9.17, 15) is 14.9 Å². The first-order valence-corrected chi connectivity index (χ1v) is 13.9. The number of ketones is 1. The van der Waals surface area contributed by atoms with Crippen molar-refractivity contribution in [3.63, 3.8) is 0 Å². The molecule has 0 saturated carbocycles. The highest BCUT2D eigenvalue weighted by Gasteiger charge is 2.43. The smallest absolute Gasteiger partial charge is 0.262 e. The van der Waals surface area contributed by atoms with Gasteiger partial charge in [-0.25, -0.2) is 0 Å². The van der Waals surface area contributed by atoms with E-state index in [2.05, 4.69) is 11.4 Å². The first-order valence-electron chi connectivity index (χ1n) is 13.9. The third-order valence-corrected chi connectivity index (χ3v) is 7.32. The van der Waals surface area contributed by atoms with Gasteiger partial charge in [0.05, 0.1) is 12.5 Å². The summed E-state index contributed by atoms with van der Waals surface area (Å²) in [6, 6.07) is 24.7. The molecule has 1 aliphatic carbocycles. The molecule has 0 radical (unpaired) electrons. The number of carbonyl (C=O) groups excluding carboxylic acids is 2. The van der Waals surface area contributed by atoms with Crippen molar-refractivity contribution < 1.29 is 23.8 Å². The fourth-order valence-electron chi connectivity index (χ4n) is 5.50. The van der Waals surface area contributed by atoms with Crippen LogP contribution in [0.2, 0.25) is 0 Å². The van der Waals surface area contributed by atoms with Gasteiger partial charge in [-0.15, -0.1) is 0 Å². The highest BCUT2D eigenvalue weighted by atomic mass is 16.5. The minimum Gasteiger partial charge on any atom is -0.490 e. The number of rotatable bonds is 8. The van der Waals surface area contributed by atoms with Crippen molar-refractivity contribution in [3.8, 4) is 28.7 Å². The van der Waals surface area contributed by atoms with Crippen LogP contribution in [0.25, 0.3) is 11.1 Å². The van der Waals surface area contributed by atoms with Crippen LogP contribution in [0, 0.1) is 16.7 Å². The van der Waals surface area contributed by atoms with E-state index in [0.717, 1.165) is 11.1 Å². The second-order valence-electron chi connectivity index (χ2n) is 11.1. The fourth-order valence-corrected chi connectivity index (χ4v) is 5.50. The highest BCUT2D eigenvalue weighted by molar-refractivity contribution is 6.00. The number of anilines is 1. The molecule has 3 aromatic carbocycles. The summed E-state index contributed by atoms with van der Waals surface area (Å²) in [6.45, 7) is 5.93. The molecule has 2 aliphatic rings. The molecule has 8 nitrogen and oxygen atoms in total. The van der Waals surface area contributed by atoms with E-state index < -0.39 is 5.92 Å². The first-order chi connectivity index (χ1) is 20.2. The predicted octanol–water partition coefficient (Wildman–Crippen LogP) is 6.22. The largest absolute Gasteiger partial charge is 0.490 e. The van der Waals surface area contributed by atoms with E-state index in [-0.39, 0.29) is 35.2 Å². The van der Waals surface area contributed by atoms with Gasteiger partial charge in [0.15, 0.2) is 23.9 Å². The van der Waals surface area contributed by atoms with E-state index in [1.54, 1.807) is 18.2 Å². The minimum absolute atomic E-state index is 0.00232. The van der Waals surface area contributed by atoms with E-state index in [1.807, 2.05) is 75.4 Å². The molecule has 1 amide bonds. The van der Waals surface area contributed by atoms with Gasteiger partial charge < -0.3 is 25.3 Å². The van der Waals surface area contributed by atoms with E-state index >= 15 is 0 Å². The van der Waals surface area contributed by atoms with Crippen molar-refractivity contribution in [2.45, 2.75) is 39.5 Å². The molecule has 42 heavy (non-hydrogen) atoms. The molecule has 0 fully saturated rings. The molecule has 3 aromatic rings. The standard InChI is InChI=1S/C34H33N3O5/c1-4-40-28-16-22(31-24(19-35)33(36)42-29-18-34(2,3)17-26(38)32(29)31)14-15-27(28)41-20-30(39)37-25-13-9-8-12-23(25)21-10-6-5-7-11-21/h5-16,31H,4,17-18,20,36H2,1-3H3,(H,37,39)/t31-/m0/s1. The van der Waals surface area contributed by atoms with Crippen molar-refractivity contribution >= 4 is 17.4 Å². The number of nitrogens with two attached hydrogens (primary N) is 1. The number of nitriles is 1. The molecule has 8 heteroatoms. The van der Waals surface area contributed by atoms with Crippen molar-refractivity contribution in [2.75, 3.05) is 18.5 Å². The van der Waals surface area contributed by atoms with Crippen LogP contribution in [-0.2, 0) is 14.3 Å². The second kappa shape index (κ2) is 11.8. The molecule has 214 valence electrons. The molecule has 1 aliphatic heterocycles. The molecule has 3 N–H and O–H groups in total. The maximum absolute atomic E-state index is 13.3.